The topological polar surface area (TPSA) is 31.2 Å². The van der Waals surface area contributed by atoms with Crippen molar-refractivity contribution in [1.82, 2.24) is 4.57 Å². The third kappa shape index (κ3) is 2.70. The largest absolute Gasteiger partial charge is 0.463 e. The minimum absolute atomic E-state index is 0.321. The number of nitrogens with zero attached hydrogens (tertiary/aromatic N) is 1. The van der Waals surface area contributed by atoms with Gasteiger partial charge in [0.25, 0.3) is 0 Å². The molecule has 0 amide bonds. The molecule has 1 aromatic carbocycles. The van der Waals surface area contributed by atoms with Crippen molar-refractivity contribution in [3.63, 3.8) is 0 Å². The van der Waals surface area contributed by atoms with Gasteiger partial charge >= 0.3 is 5.97 Å². The first kappa shape index (κ1) is 13.4. The average Bonchev–Trinajstić information content (AvgIpc) is 2.82. The number of ether oxygens (including phenoxy) is 1. The van der Waals surface area contributed by atoms with Gasteiger partial charge in [0.05, 0.1) is 18.7 Å². The summed E-state index contributed by atoms with van der Waals surface area (Å²) in [6, 6.07) is 8.32. The van der Waals surface area contributed by atoms with E-state index in [4.69, 9.17) is 4.74 Å². The van der Waals surface area contributed by atoms with Crippen LogP contribution >= 0.6 is 0 Å². The third-order valence-electron chi connectivity index (χ3n) is 3.18. The zero-order valence-corrected chi connectivity index (χ0v) is 11.5. The van der Waals surface area contributed by atoms with Gasteiger partial charge in [0.15, 0.2) is 0 Å². The van der Waals surface area contributed by atoms with Crippen LogP contribution in [0.25, 0.3) is 10.9 Å². The number of carbonyl (C=O) groups excluding carboxylic acids is 1. The molecule has 0 N–H and O–H groups in total. The van der Waals surface area contributed by atoms with Crippen molar-refractivity contribution in [3.8, 4) is 0 Å². The summed E-state index contributed by atoms with van der Waals surface area (Å²) in [6.07, 6.45) is 2.96. The highest BCUT2D eigenvalue weighted by Gasteiger charge is 2.11. The highest BCUT2D eigenvalue weighted by molar-refractivity contribution is 5.88. The van der Waals surface area contributed by atoms with Crippen LogP contribution in [0.15, 0.2) is 42.6 Å². The van der Waals surface area contributed by atoms with E-state index in [1.165, 1.54) is 16.5 Å². The Hall–Kier alpha value is -2.03. The normalized spacial score (nSPS) is 10.6. The maximum atomic E-state index is 11.6. The van der Waals surface area contributed by atoms with Crippen molar-refractivity contribution in [3.05, 3.63) is 48.2 Å². The summed E-state index contributed by atoms with van der Waals surface area (Å²) in [4.78, 5) is 11.6. The molecule has 0 bridgehead atoms. The Balaban J connectivity index is 2.31. The fourth-order valence-electron chi connectivity index (χ4n) is 2.26. The predicted octanol–water partition coefficient (Wildman–Crippen LogP) is 3.32. The van der Waals surface area contributed by atoms with E-state index in [-0.39, 0.29) is 5.97 Å². The number of aryl methyl sites for hydroxylation is 1. The number of aromatic nitrogens is 1. The summed E-state index contributed by atoms with van der Waals surface area (Å²) in [6.45, 7) is 8.59. The highest BCUT2D eigenvalue weighted by atomic mass is 16.5. The molecule has 0 saturated carbocycles. The van der Waals surface area contributed by atoms with Crippen LogP contribution in [-0.4, -0.2) is 17.1 Å². The van der Waals surface area contributed by atoms with E-state index in [1.54, 1.807) is 6.92 Å². The predicted molar refractivity (Wildman–Crippen MR) is 77.1 cm³/mol. The SMILES string of the molecule is C=C(Cn1ccc2cccc(CC)c21)C(=O)OCC. The molecule has 1 heterocycles. The molecule has 3 heteroatoms. The Labute approximate surface area is 113 Å². The number of para-hydroxylation sites is 1. The van der Waals surface area contributed by atoms with Gasteiger partial charge in [0, 0.05) is 11.8 Å². The maximum absolute atomic E-state index is 11.6. The summed E-state index contributed by atoms with van der Waals surface area (Å²) < 4.78 is 7.03. The van der Waals surface area contributed by atoms with Crippen molar-refractivity contribution < 1.29 is 9.53 Å². The molecule has 1 aromatic heterocycles. The minimum atomic E-state index is -0.321. The molecule has 0 atom stereocenters. The summed E-state index contributed by atoms with van der Waals surface area (Å²) in [7, 11) is 0. The molecule has 19 heavy (non-hydrogen) atoms. The summed E-state index contributed by atoms with van der Waals surface area (Å²) in [5.74, 6) is -0.321. The van der Waals surface area contributed by atoms with Gasteiger partial charge in [-0.1, -0.05) is 31.7 Å². The molecule has 3 nitrogen and oxygen atoms in total. The van der Waals surface area contributed by atoms with E-state index in [0.717, 1.165) is 6.42 Å². The fourth-order valence-corrected chi connectivity index (χ4v) is 2.26. The second-order valence-corrected chi connectivity index (χ2v) is 4.48. The van der Waals surface area contributed by atoms with Gasteiger partial charge in [-0.05, 0) is 30.4 Å². The monoisotopic (exact) mass is 257 g/mol. The van der Waals surface area contributed by atoms with Gasteiger partial charge in [-0.3, -0.25) is 0 Å². The minimum Gasteiger partial charge on any atom is -0.463 e. The lowest BCUT2D eigenvalue weighted by Crippen LogP contribution is -2.12. The first-order chi connectivity index (χ1) is 9.17. The molecule has 0 aliphatic rings. The maximum Gasteiger partial charge on any atom is 0.335 e. The lowest BCUT2D eigenvalue weighted by molar-refractivity contribution is -0.138. The molecular weight excluding hydrogens is 238 g/mol. The molecule has 2 aromatic rings. The van der Waals surface area contributed by atoms with Crippen molar-refractivity contribution in [2.75, 3.05) is 6.61 Å². The molecular formula is C16H19NO2. The standard InChI is InChI=1S/C16H19NO2/c1-4-13-7-6-8-14-9-10-17(15(13)14)11-12(3)16(18)19-5-2/h6-10H,3-5,11H2,1-2H3. The van der Waals surface area contributed by atoms with Crippen LogP contribution in [0.5, 0.6) is 0 Å². The van der Waals surface area contributed by atoms with Gasteiger partial charge in [-0.15, -0.1) is 0 Å². The lowest BCUT2D eigenvalue weighted by Gasteiger charge is -2.10. The van der Waals surface area contributed by atoms with Crippen molar-refractivity contribution >= 4 is 16.9 Å². The summed E-state index contributed by atoms with van der Waals surface area (Å²) in [5.41, 5.74) is 2.93. The molecule has 0 spiro atoms. The zero-order chi connectivity index (χ0) is 13.8. The number of carbonyl (C=O) groups is 1. The number of hydrogen-bond donors (Lipinski definition) is 0. The van der Waals surface area contributed by atoms with Crippen LogP contribution in [0.1, 0.15) is 19.4 Å². The van der Waals surface area contributed by atoms with E-state index >= 15 is 0 Å². The first-order valence-electron chi connectivity index (χ1n) is 6.59. The summed E-state index contributed by atoms with van der Waals surface area (Å²) in [5, 5.41) is 1.19. The van der Waals surface area contributed by atoms with Crippen LogP contribution in [-0.2, 0) is 22.5 Å². The van der Waals surface area contributed by atoms with Gasteiger partial charge in [-0.2, -0.15) is 0 Å². The molecule has 0 aliphatic carbocycles. The van der Waals surface area contributed by atoms with E-state index < -0.39 is 0 Å². The number of hydrogen-bond acceptors (Lipinski definition) is 2. The quantitative estimate of drug-likeness (QED) is 0.607. The zero-order valence-electron chi connectivity index (χ0n) is 11.5. The number of benzene rings is 1. The Morgan fingerprint density at radius 1 is 1.32 bits per heavy atom. The van der Waals surface area contributed by atoms with Gasteiger partial charge < -0.3 is 9.30 Å². The Morgan fingerprint density at radius 2 is 2.11 bits per heavy atom. The molecule has 2 rings (SSSR count). The molecule has 100 valence electrons. The first-order valence-corrected chi connectivity index (χ1v) is 6.59. The van der Waals surface area contributed by atoms with E-state index in [2.05, 4.69) is 42.3 Å². The van der Waals surface area contributed by atoms with Crippen LogP contribution < -0.4 is 0 Å². The van der Waals surface area contributed by atoms with Crippen molar-refractivity contribution in [1.29, 1.82) is 0 Å². The Bertz CT molecular complexity index is 610. The van der Waals surface area contributed by atoms with Crippen LogP contribution in [0.2, 0.25) is 0 Å². The molecule has 0 radical (unpaired) electrons. The second-order valence-electron chi connectivity index (χ2n) is 4.48. The van der Waals surface area contributed by atoms with Gasteiger partial charge in [0.2, 0.25) is 0 Å². The van der Waals surface area contributed by atoms with E-state index in [1.807, 2.05) is 6.20 Å². The molecule has 0 unspecified atom stereocenters. The average molecular weight is 257 g/mol. The third-order valence-corrected chi connectivity index (χ3v) is 3.18. The van der Waals surface area contributed by atoms with Crippen molar-refractivity contribution in [2.45, 2.75) is 26.8 Å². The van der Waals surface area contributed by atoms with Crippen molar-refractivity contribution in [2.24, 2.45) is 0 Å². The number of esters is 1. The smallest absolute Gasteiger partial charge is 0.335 e. The molecule has 0 aliphatic heterocycles. The van der Waals surface area contributed by atoms with Crippen LogP contribution in [0.4, 0.5) is 0 Å². The Kier molecular flexibility index (Phi) is 4.05. The highest BCUT2D eigenvalue weighted by Crippen LogP contribution is 2.21. The van der Waals surface area contributed by atoms with Gasteiger partial charge in [0.1, 0.15) is 0 Å². The van der Waals surface area contributed by atoms with E-state index in [0.29, 0.717) is 18.7 Å². The summed E-state index contributed by atoms with van der Waals surface area (Å²) >= 11 is 0. The van der Waals surface area contributed by atoms with Crippen LogP contribution in [0, 0.1) is 0 Å². The van der Waals surface area contributed by atoms with E-state index in [9.17, 15) is 4.79 Å². The Morgan fingerprint density at radius 3 is 2.79 bits per heavy atom. The molecule has 0 fully saturated rings. The fraction of sp³-hybridized carbons (Fsp3) is 0.312. The number of fused-ring (bicyclic) bond motifs is 1. The molecule has 0 saturated heterocycles. The number of rotatable bonds is 5. The lowest BCUT2D eigenvalue weighted by atomic mass is 10.1. The second kappa shape index (κ2) is 5.74. The van der Waals surface area contributed by atoms with Crippen LogP contribution in [0.3, 0.4) is 0 Å². The van der Waals surface area contributed by atoms with Gasteiger partial charge in [-0.25, -0.2) is 4.79 Å².